The van der Waals surface area contributed by atoms with Crippen LogP contribution in [-0.4, -0.2) is 32.1 Å². The first-order chi connectivity index (χ1) is 13.1. The minimum Gasteiger partial charge on any atom is -0.497 e. The van der Waals surface area contributed by atoms with Gasteiger partial charge >= 0.3 is 0 Å². The Morgan fingerprint density at radius 3 is 1.93 bits per heavy atom. The van der Waals surface area contributed by atoms with Crippen LogP contribution in [0.4, 0.5) is 0 Å². The Kier molecular flexibility index (Phi) is 5.77. The van der Waals surface area contributed by atoms with Gasteiger partial charge in [-0.25, -0.2) is 0 Å². The smallest absolute Gasteiger partial charge is 0.254 e. The monoisotopic (exact) mass is 361 g/mol. The van der Waals surface area contributed by atoms with E-state index in [0.29, 0.717) is 23.6 Å². The van der Waals surface area contributed by atoms with Crippen LogP contribution in [0.2, 0.25) is 0 Å². The highest BCUT2D eigenvalue weighted by atomic mass is 16.5. The predicted octanol–water partition coefficient (Wildman–Crippen LogP) is 4.64. The zero-order valence-electron chi connectivity index (χ0n) is 15.8. The molecule has 0 bridgehead atoms. The molecule has 0 aliphatic carbocycles. The lowest BCUT2D eigenvalue weighted by atomic mass is 10.0. The van der Waals surface area contributed by atoms with Crippen molar-refractivity contribution in [2.24, 2.45) is 0 Å². The summed E-state index contributed by atoms with van der Waals surface area (Å²) >= 11 is 0. The van der Waals surface area contributed by atoms with Crippen molar-refractivity contribution in [3.05, 3.63) is 83.9 Å². The first kappa shape index (κ1) is 18.5. The van der Waals surface area contributed by atoms with Crippen LogP contribution in [0.5, 0.6) is 11.5 Å². The summed E-state index contributed by atoms with van der Waals surface area (Å²) in [7, 11) is 4.93. The van der Waals surface area contributed by atoms with E-state index < -0.39 is 0 Å². The molecule has 0 fully saturated rings. The highest BCUT2D eigenvalue weighted by Crippen LogP contribution is 2.24. The van der Waals surface area contributed by atoms with Crippen LogP contribution in [0.15, 0.2) is 72.8 Å². The molecule has 0 aromatic heterocycles. The van der Waals surface area contributed by atoms with Crippen molar-refractivity contribution in [2.75, 3.05) is 21.3 Å². The molecule has 0 saturated heterocycles. The van der Waals surface area contributed by atoms with E-state index in [0.717, 1.165) is 11.1 Å². The highest BCUT2D eigenvalue weighted by molar-refractivity contribution is 5.95. The van der Waals surface area contributed by atoms with Gasteiger partial charge in [0, 0.05) is 25.2 Å². The number of rotatable bonds is 6. The van der Waals surface area contributed by atoms with Gasteiger partial charge in [-0.2, -0.15) is 0 Å². The van der Waals surface area contributed by atoms with E-state index in [-0.39, 0.29) is 5.91 Å². The molecule has 4 nitrogen and oxygen atoms in total. The lowest BCUT2D eigenvalue weighted by molar-refractivity contribution is 0.0784. The third-order valence-corrected chi connectivity index (χ3v) is 4.43. The molecule has 0 aliphatic heterocycles. The van der Waals surface area contributed by atoms with Gasteiger partial charge in [0.05, 0.1) is 14.2 Å². The van der Waals surface area contributed by atoms with Gasteiger partial charge in [-0.1, -0.05) is 54.6 Å². The van der Waals surface area contributed by atoms with Crippen molar-refractivity contribution in [3.8, 4) is 22.6 Å². The summed E-state index contributed by atoms with van der Waals surface area (Å²) in [5.41, 5.74) is 3.94. The van der Waals surface area contributed by atoms with Crippen LogP contribution in [0.1, 0.15) is 15.9 Å². The van der Waals surface area contributed by atoms with Crippen LogP contribution in [0.25, 0.3) is 11.1 Å². The van der Waals surface area contributed by atoms with E-state index >= 15 is 0 Å². The highest BCUT2D eigenvalue weighted by Gasteiger charge is 2.15. The van der Waals surface area contributed by atoms with Crippen LogP contribution >= 0.6 is 0 Å². The summed E-state index contributed by atoms with van der Waals surface area (Å²) in [6.07, 6.45) is 0. The fraction of sp³-hybridized carbons (Fsp3) is 0.174. The minimum absolute atomic E-state index is 0.0839. The van der Waals surface area contributed by atoms with Crippen LogP contribution in [0, 0.1) is 0 Å². The minimum atomic E-state index is -0.0839. The van der Waals surface area contributed by atoms with Crippen LogP contribution in [0.3, 0.4) is 0 Å². The van der Waals surface area contributed by atoms with Gasteiger partial charge in [-0.05, 0) is 28.8 Å². The Bertz CT molecular complexity index is 882. The first-order valence-electron chi connectivity index (χ1n) is 8.73. The molecule has 0 atom stereocenters. The van der Waals surface area contributed by atoms with Crippen molar-refractivity contribution < 1.29 is 14.3 Å². The number of carbonyl (C=O) groups is 1. The van der Waals surface area contributed by atoms with Crippen LogP contribution < -0.4 is 9.47 Å². The third-order valence-electron chi connectivity index (χ3n) is 4.43. The SMILES string of the molecule is COc1cc(OC)cc(C(=O)N(C)Cc2ccc(-c3ccccc3)cc2)c1. The van der Waals surface area contributed by atoms with E-state index in [2.05, 4.69) is 36.4 Å². The molecule has 4 heteroatoms. The second kappa shape index (κ2) is 8.41. The second-order valence-electron chi connectivity index (χ2n) is 6.33. The van der Waals surface area contributed by atoms with Gasteiger partial charge in [0.1, 0.15) is 11.5 Å². The number of carbonyl (C=O) groups excluding carboxylic acids is 1. The van der Waals surface area contributed by atoms with Crippen molar-refractivity contribution in [3.63, 3.8) is 0 Å². The molecule has 3 aromatic rings. The molecule has 0 spiro atoms. The number of benzene rings is 3. The fourth-order valence-electron chi connectivity index (χ4n) is 2.93. The summed E-state index contributed by atoms with van der Waals surface area (Å²) < 4.78 is 10.5. The Hall–Kier alpha value is -3.27. The molecule has 0 aliphatic rings. The standard InChI is InChI=1S/C23H23NO3/c1-24(23(25)20-13-21(26-2)15-22(14-20)27-3)16-17-9-11-19(12-10-17)18-7-5-4-6-8-18/h4-15H,16H2,1-3H3. The van der Waals surface area contributed by atoms with E-state index in [1.54, 1.807) is 44.4 Å². The predicted molar refractivity (Wildman–Crippen MR) is 107 cm³/mol. The van der Waals surface area contributed by atoms with E-state index in [1.165, 1.54) is 5.56 Å². The number of amides is 1. The Morgan fingerprint density at radius 2 is 1.37 bits per heavy atom. The average Bonchev–Trinajstić information content (AvgIpc) is 2.73. The van der Waals surface area contributed by atoms with Gasteiger partial charge < -0.3 is 14.4 Å². The fourth-order valence-corrected chi connectivity index (χ4v) is 2.93. The first-order valence-corrected chi connectivity index (χ1v) is 8.73. The Labute approximate surface area is 160 Å². The van der Waals surface area contributed by atoms with Crippen molar-refractivity contribution in [1.82, 2.24) is 4.90 Å². The number of hydrogen-bond donors (Lipinski definition) is 0. The summed E-state index contributed by atoms with van der Waals surface area (Å²) in [6.45, 7) is 0.521. The second-order valence-corrected chi connectivity index (χ2v) is 6.33. The average molecular weight is 361 g/mol. The lowest BCUT2D eigenvalue weighted by Gasteiger charge is -2.18. The zero-order valence-corrected chi connectivity index (χ0v) is 15.8. The Morgan fingerprint density at radius 1 is 0.815 bits per heavy atom. The molecule has 0 radical (unpaired) electrons. The lowest BCUT2D eigenvalue weighted by Crippen LogP contribution is -2.26. The normalized spacial score (nSPS) is 10.3. The van der Waals surface area contributed by atoms with E-state index in [4.69, 9.17) is 9.47 Å². The van der Waals surface area contributed by atoms with Crippen molar-refractivity contribution in [2.45, 2.75) is 6.54 Å². The van der Waals surface area contributed by atoms with Gasteiger partial charge in [0.25, 0.3) is 5.91 Å². The zero-order chi connectivity index (χ0) is 19.2. The summed E-state index contributed by atoms with van der Waals surface area (Å²) in [6, 6.07) is 23.7. The quantitative estimate of drug-likeness (QED) is 0.642. The summed E-state index contributed by atoms with van der Waals surface area (Å²) in [5.74, 6) is 1.11. The number of methoxy groups -OCH3 is 2. The molecule has 138 valence electrons. The molecule has 0 N–H and O–H groups in total. The maximum absolute atomic E-state index is 12.8. The maximum Gasteiger partial charge on any atom is 0.254 e. The van der Waals surface area contributed by atoms with Gasteiger partial charge in [0.15, 0.2) is 0 Å². The number of ether oxygens (including phenoxy) is 2. The molecular formula is C23H23NO3. The molecule has 27 heavy (non-hydrogen) atoms. The van der Waals surface area contributed by atoms with Gasteiger partial charge in [0.2, 0.25) is 0 Å². The van der Waals surface area contributed by atoms with Gasteiger partial charge in [-0.3, -0.25) is 4.79 Å². The van der Waals surface area contributed by atoms with Crippen LogP contribution in [-0.2, 0) is 6.54 Å². The molecule has 0 heterocycles. The third kappa shape index (κ3) is 4.47. The molecule has 3 aromatic carbocycles. The maximum atomic E-state index is 12.8. The van der Waals surface area contributed by atoms with E-state index in [9.17, 15) is 4.79 Å². The summed E-state index contributed by atoms with van der Waals surface area (Å²) in [5, 5.41) is 0. The van der Waals surface area contributed by atoms with Crippen molar-refractivity contribution in [1.29, 1.82) is 0 Å². The topological polar surface area (TPSA) is 38.8 Å². The number of nitrogens with zero attached hydrogens (tertiary/aromatic N) is 1. The molecule has 0 unspecified atom stereocenters. The van der Waals surface area contributed by atoms with Gasteiger partial charge in [-0.15, -0.1) is 0 Å². The molecule has 0 saturated carbocycles. The number of hydrogen-bond acceptors (Lipinski definition) is 3. The molecule has 3 rings (SSSR count). The Balaban J connectivity index is 1.73. The van der Waals surface area contributed by atoms with Crippen molar-refractivity contribution >= 4 is 5.91 Å². The molecule has 1 amide bonds. The van der Waals surface area contributed by atoms with E-state index in [1.807, 2.05) is 18.2 Å². The molecular weight excluding hydrogens is 338 g/mol. The summed E-state index contributed by atoms with van der Waals surface area (Å²) in [4.78, 5) is 14.5. The largest absolute Gasteiger partial charge is 0.497 e.